The summed E-state index contributed by atoms with van der Waals surface area (Å²) in [7, 11) is 0. The van der Waals surface area contributed by atoms with Crippen LogP contribution in [0.3, 0.4) is 0 Å². The largest absolute Gasteiger partial charge is 0.396 e. The normalized spacial score (nSPS) is 31.1. The van der Waals surface area contributed by atoms with E-state index in [4.69, 9.17) is 9.84 Å². The molecule has 1 fully saturated rings. The summed E-state index contributed by atoms with van der Waals surface area (Å²) in [5.41, 5.74) is 0. The van der Waals surface area contributed by atoms with Crippen LogP contribution in [0.25, 0.3) is 0 Å². The maximum atomic E-state index is 8.53. The third-order valence-electron chi connectivity index (χ3n) is 2.12. The van der Waals surface area contributed by atoms with Crippen molar-refractivity contribution >= 4 is 0 Å². The highest BCUT2D eigenvalue weighted by atomic mass is 16.5. The number of nitrogens with one attached hydrogen (secondary N) is 1. The fourth-order valence-corrected chi connectivity index (χ4v) is 1.37. The van der Waals surface area contributed by atoms with Crippen molar-refractivity contribution < 1.29 is 9.84 Å². The average molecular weight is 159 g/mol. The lowest BCUT2D eigenvalue weighted by Crippen LogP contribution is -2.35. The minimum absolute atomic E-state index is 0.273. The van der Waals surface area contributed by atoms with Crippen LogP contribution in [0, 0.1) is 0 Å². The van der Waals surface area contributed by atoms with Crippen LogP contribution < -0.4 is 5.32 Å². The van der Waals surface area contributed by atoms with Gasteiger partial charge < -0.3 is 15.2 Å². The highest BCUT2D eigenvalue weighted by molar-refractivity contribution is 4.78. The summed E-state index contributed by atoms with van der Waals surface area (Å²) in [6.45, 7) is 4.13. The van der Waals surface area contributed by atoms with Gasteiger partial charge in [0, 0.05) is 19.3 Å². The summed E-state index contributed by atoms with van der Waals surface area (Å²) < 4.78 is 5.37. The first-order valence-electron chi connectivity index (χ1n) is 4.30. The molecule has 11 heavy (non-hydrogen) atoms. The number of hydrogen-bond donors (Lipinski definition) is 2. The first kappa shape index (κ1) is 8.97. The van der Waals surface area contributed by atoms with Crippen LogP contribution in [-0.2, 0) is 4.74 Å². The smallest absolute Gasteiger partial charge is 0.0700 e. The third-order valence-corrected chi connectivity index (χ3v) is 2.12. The van der Waals surface area contributed by atoms with Crippen molar-refractivity contribution in [2.45, 2.75) is 31.9 Å². The van der Waals surface area contributed by atoms with Crippen LogP contribution in [0.1, 0.15) is 19.8 Å². The van der Waals surface area contributed by atoms with Crippen molar-refractivity contribution in [2.24, 2.45) is 0 Å². The standard InChI is InChI=1S/C8H17NO2/c1-7-8(3-6-11-7)9-4-2-5-10/h7-10H,2-6H2,1H3/t7-,8-/m0/s1. The molecule has 1 rings (SSSR count). The zero-order chi connectivity index (χ0) is 8.10. The van der Waals surface area contributed by atoms with E-state index in [0.29, 0.717) is 12.1 Å². The van der Waals surface area contributed by atoms with Gasteiger partial charge in [0.05, 0.1) is 6.10 Å². The quantitative estimate of drug-likeness (QED) is 0.573. The molecule has 0 aromatic rings. The fourth-order valence-electron chi connectivity index (χ4n) is 1.37. The van der Waals surface area contributed by atoms with E-state index in [1.54, 1.807) is 0 Å². The van der Waals surface area contributed by atoms with Crippen LogP contribution in [0.2, 0.25) is 0 Å². The summed E-state index contributed by atoms with van der Waals surface area (Å²) >= 11 is 0. The third kappa shape index (κ3) is 2.77. The van der Waals surface area contributed by atoms with Crippen LogP contribution >= 0.6 is 0 Å². The van der Waals surface area contributed by atoms with Gasteiger partial charge in [-0.1, -0.05) is 0 Å². The van der Waals surface area contributed by atoms with Crippen LogP contribution in [0.5, 0.6) is 0 Å². The first-order chi connectivity index (χ1) is 5.34. The number of rotatable bonds is 4. The van der Waals surface area contributed by atoms with Gasteiger partial charge in [0.2, 0.25) is 0 Å². The molecule has 0 aromatic carbocycles. The van der Waals surface area contributed by atoms with E-state index in [9.17, 15) is 0 Å². The molecular formula is C8H17NO2. The summed E-state index contributed by atoms with van der Waals surface area (Å²) in [4.78, 5) is 0. The van der Waals surface area contributed by atoms with Gasteiger partial charge in [-0.05, 0) is 26.3 Å². The number of aliphatic hydroxyl groups excluding tert-OH is 1. The number of hydrogen-bond acceptors (Lipinski definition) is 3. The van der Waals surface area contributed by atoms with Gasteiger partial charge in [-0.25, -0.2) is 0 Å². The first-order valence-corrected chi connectivity index (χ1v) is 4.30. The monoisotopic (exact) mass is 159 g/mol. The lowest BCUT2D eigenvalue weighted by molar-refractivity contribution is 0.113. The molecule has 0 aliphatic carbocycles. The minimum Gasteiger partial charge on any atom is -0.396 e. The van der Waals surface area contributed by atoms with Crippen LogP contribution in [-0.4, -0.2) is 37.0 Å². The van der Waals surface area contributed by atoms with Gasteiger partial charge in [0.15, 0.2) is 0 Å². The molecule has 1 aliphatic rings. The Morgan fingerprint density at radius 3 is 3.00 bits per heavy atom. The Balaban J connectivity index is 2.05. The second kappa shape index (κ2) is 4.70. The molecule has 1 aliphatic heterocycles. The van der Waals surface area contributed by atoms with Gasteiger partial charge in [-0.3, -0.25) is 0 Å². The van der Waals surface area contributed by atoms with E-state index in [1.807, 2.05) is 0 Å². The molecule has 2 atom stereocenters. The van der Waals surface area contributed by atoms with E-state index >= 15 is 0 Å². The van der Waals surface area contributed by atoms with Gasteiger partial charge in [0.25, 0.3) is 0 Å². The predicted octanol–water partition coefficient (Wildman–Crippen LogP) is 0.136. The molecule has 0 bridgehead atoms. The Morgan fingerprint density at radius 1 is 1.64 bits per heavy atom. The van der Waals surface area contributed by atoms with E-state index in [2.05, 4.69) is 12.2 Å². The summed E-state index contributed by atoms with van der Waals surface area (Å²) in [6.07, 6.45) is 2.28. The van der Waals surface area contributed by atoms with Gasteiger partial charge in [-0.15, -0.1) is 0 Å². The van der Waals surface area contributed by atoms with E-state index in [1.165, 1.54) is 0 Å². The molecule has 0 radical (unpaired) electrons. The molecule has 2 N–H and O–H groups in total. The van der Waals surface area contributed by atoms with Crippen molar-refractivity contribution in [3.63, 3.8) is 0 Å². The lowest BCUT2D eigenvalue weighted by Gasteiger charge is -2.14. The zero-order valence-electron chi connectivity index (χ0n) is 7.05. The molecule has 3 nitrogen and oxygen atoms in total. The Bertz CT molecular complexity index is 108. The molecule has 3 heteroatoms. The summed E-state index contributed by atoms with van der Waals surface area (Å²) in [6, 6.07) is 0.501. The van der Waals surface area contributed by atoms with Crippen LogP contribution in [0.4, 0.5) is 0 Å². The molecular weight excluding hydrogens is 142 g/mol. The van der Waals surface area contributed by atoms with Crippen LogP contribution in [0.15, 0.2) is 0 Å². The van der Waals surface area contributed by atoms with Crippen molar-refractivity contribution in [1.82, 2.24) is 5.32 Å². The molecule has 66 valence electrons. The Kier molecular flexibility index (Phi) is 3.83. The molecule has 1 heterocycles. The van der Waals surface area contributed by atoms with Crippen molar-refractivity contribution in [3.05, 3.63) is 0 Å². The second-order valence-corrected chi connectivity index (χ2v) is 3.00. The lowest BCUT2D eigenvalue weighted by atomic mass is 10.1. The maximum absolute atomic E-state index is 8.53. The Labute approximate surface area is 67.7 Å². The van der Waals surface area contributed by atoms with Gasteiger partial charge >= 0.3 is 0 Å². The molecule has 0 spiro atoms. The summed E-state index contributed by atoms with van der Waals surface area (Å²) in [5.74, 6) is 0. The fraction of sp³-hybridized carbons (Fsp3) is 1.00. The molecule has 0 saturated carbocycles. The highest BCUT2D eigenvalue weighted by Gasteiger charge is 2.22. The number of aliphatic hydroxyl groups is 1. The summed E-state index contributed by atoms with van der Waals surface area (Å²) in [5, 5.41) is 11.9. The minimum atomic E-state index is 0.273. The SMILES string of the molecule is C[C@@H]1OCC[C@@H]1NCCCO. The number of ether oxygens (including phenoxy) is 1. The van der Waals surface area contributed by atoms with E-state index < -0.39 is 0 Å². The van der Waals surface area contributed by atoms with Crippen molar-refractivity contribution in [3.8, 4) is 0 Å². The van der Waals surface area contributed by atoms with E-state index in [-0.39, 0.29) is 6.61 Å². The second-order valence-electron chi connectivity index (χ2n) is 3.00. The molecule has 1 saturated heterocycles. The molecule has 0 aromatic heterocycles. The van der Waals surface area contributed by atoms with Gasteiger partial charge in [0.1, 0.15) is 0 Å². The molecule has 0 amide bonds. The van der Waals surface area contributed by atoms with Crippen molar-refractivity contribution in [2.75, 3.05) is 19.8 Å². The highest BCUT2D eigenvalue weighted by Crippen LogP contribution is 2.11. The van der Waals surface area contributed by atoms with Crippen molar-refractivity contribution in [1.29, 1.82) is 0 Å². The topological polar surface area (TPSA) is 41.5 Å². The zero-order valence-corrected chi connectivity index (χ0v) is 7.05. The molecule has 0 unspecified atom stereocenters. The predicted molar refractivity (Wildman–Crippen MR) is 43.5 cm³/mol. The Hall–Kier alpha value is -0.120. The van der Waals surface area contributed by atoms with E-state index in [0.717, 1.165) is 26.0 Å². The Morgan fingerprint density at radius 2 is 2.45 bits per heavy atom. The van der Waals surface area contributed by atoms with Gasteiger partial charge in [-0.2, -0.15) is 0 Å². The maximum Gasteiger partial charge on any atom is 0.0700 e. The average Bonchev–Trinajstić information content (AvgIpc) is 2.37.